The third-order valence-electron chi connectivity index (χ3n) is 3.01. The first kappa shape index (κ1) is 22.0. The van der Waals surface area contributed by atoms with Crippen LogP contribution in [0.1, 0.15) is 66.2 Å². The molecule has 0 unspecified atom stereocenters. The SMILES string of the molecule is CCC[CH2][Sn+]([CH2]CCC)[CH2]CCC.CCS(=O)(=O)[O-]. The maximum absolute atomic E-state index is 9.44. The van der Waals surface area contributed by atoms with E-state index in [0.717, 1.165) is 0 Å². The predicted molar refractivity (Wildman–Crippen MR) is 85.1 cm³/mol. The summed E-state index contributed by atoms with van der Waals surface area (Å²) in [6, 6.07) is 0. The Morgan fingerprint density at radius 1 is 0.789 bits per heavy atom. The van der Waals surface area contributed by atoms with E-state index in [0.29, 0.717) is 0 Å². The summed E-state index contributed by atoms with van der Waals surface area (Å²) in [4.78, 5) is 0. The molecule has 19 heavy (non-hydrogen) atoms. The van der Waals surface area contributed by atoms with E-state index >= 15 is 0 Å². The average molecular weight is 399 g/mol. The smallest absolute Gasteiger partial charge is 0.0943 e. The minimum Gasteiger partial charge on any atom is -0.748 e. The fourth-order valence-corrected chi connectivity index (χ4v) is 11.1. The molecule has 0 aromatic heterocycles. The first-order valence-electron chi connectivity index (χ1n) is 7.68. The molecular weight excluding hydrogens is 367 g/mol. The van der Waals surface area contributed by atoms with Gasteiger partial charge in [0.05, 0.1) is 10.1 Å². The van der Waals surface area contributed by atoms with Crippen LogP contribution >= 0.6 is 0 Å². The van der Waals surface area contributed by atoms with Crippen LogP contribution in [0.2, 0.25) is 13.3 Å². The van der Waals surface area contributed by atoms with Crippen LogP contribution in [0.4, 0.5) is 0 Å². The van der Waals surface area contributed by atoms with Gasteiger partial charge < -0.3 is 4.55 Å². The van der Waals surface area contributed by atoms with Gasteiger partial charge in [-0.05, 0) is 0 Å². The molecule has 0 radical (unpaired) electrons. The Morgan fingerprint density at radius 2 is 1.05 bits per heavy atom. The monoisotopic (exact) mass is 400 g/mol. The van der Waals surface area contributed by atoms with E-state index in [4.69, 9.17) is 0 Å². The molecule has 0 rings (SSSR count). The molecule has 0 aromatic rings. The fraction of sp³-hybridized carbons (Fsp3) is 1.00. The zero-order valence-corrected chi connectivity index (χ0v) is 16.9. The molecule has 0 aromatic carbocycles. The Kier molecular flexibility index (Phi) is 17.5. The number of hydrogen-bond acceptors (Lipinski definition) is 3. The molecule has 0 saturated heterocycles. The van der Waals surface area contributed by atoms with Crippen molar-refractivity contribution in [1.82, 2.24) is 0 Å². The molecule has 0 aliphatic rings. The average Bonchev–Trinajstić information content (AvgIpc) is 2.38. The third kappa shape index (κ3) is 21.2. The van der Waals surface area contributed by atoms with Gasteiger partial charge in [-0.2, -0.15) is 0 Å². The predicted octanol–water partition coefficient (Wildman–Crippen LogP) is 4.43. The zero-order chi connectivity index (χ0) is 15.1. The van der Waals surface area contributed by atoms with Crippen molar-refractivity contribution in [2.45, 2.75) is 79.5 Å². The van der Waals surface area contributed by atoms with Gasteiger partial charge in [0.25, 0.3) is 0 Å². The van der Waals surface area contributed by atoms with Crippen LogP contribution in [0.15, 0.2) is 0 Å². The largest absolute Gasteiger partial charge is 0.748 e. The second kappa shape index (κ2) is 15.1. The van der Waals surface area contributed by atoms with Gasteiger partial charge in [-0.15, -0.1) is 0 Å². The van der Waals surface area contributed by atoms with Gasteiger partial charge in [-0.3, -0.25) is 0 Å². The molecule has 3 nitrogen and oxygen atoms in total. The van der Waals surface area contributed by atoms with Crippen molar-refractivity contribution in [3.05, 3.63) is 0 Å². The van der Waals surface area contributed by atoms with Crippen molar-refractivity contribution in [1.29, 1.82) is 0 Å². The molecule has 0 bridgehead atoms. The summed E-state index contributed by atoms with van der Waals surface area (Å²) in [6.07, 6.45) is 8.85. The number of unbranched alkanes of at least 4 members (excludes halogenated alkanes) is 3. The van der Waals surface area contributed by atoms with Gasteiger partial charge in [0, 0.05) is 5.75 Å². The summed E-state index contributed by atoms with van der Waals surface area (Å²) in [5.41, 5.74) is 0. The fourth-order valence-electron chi connectivity index (χ4n) is 1.66. The topological polar surface area (TPSA) is 57.2 Å². The molecule has 0 aliphatic heterocycles. The van der Waals surface area contributed by atoms with Gasteiger partial charge in [-0.25, -0.2) is 8.42 Å². The molecule has 0 saturated carbocycles. The summed E-state index contributed by atoms with van der Waals surface area (Å²) in [6.45, 7) is 8.31. The molecule has 0 fully saturated rings. The molecule has 0 N–H and O–H groups in total. The Bertz CT molecular complexity index is 247. The van der Waals surface area contributed by atoms with E-state index in [2.05, 4.69) is 20.8 Å². The molecule has 0 spiro atoms. The quantitative estimate of drug-likeness (QED) is 0.403. The van der Waals surface area contributed by atoms with E-state index in [1.165, 1.54) is 45.4 Å². The first-order valence-corrected chi connectivity index (χ1v) is 15.3. The zero-order valence-electron chi connectivity index (χ0n) is 13.2. The normalized spacial score (nSPS) is 10.8. The summed E-state index contributed by atoms with van der Waals surface area (Å²) < 4.78 is 33.4. The van der Waals surface area contributed by atoms with Crippen LogP contribution < -0.4 is 0 Å². The molecule has 116 valence electrons. The summed E-state index contributed by atoms with van der Waals surface area (Å²) >= 11 is -0.839. The molecular formula is C14H32O3SSn. The van der Waals surface area contributed by atoms with Crippen molar-refractivity contribution in [3.63, 3.8) is 0 Å². The van der Waals surface area contributed by atoms with Crippen molar-refractivity contribution in [3.8, 4) is 0 Å². The van der Waals surface area contributed by atoms with E-state index in [1.54, 1.807) is 13.3 Å². The van der Waals surface area contributed by atoms with Crippen LogP contribution in [-0.2, 0) is 10.1 Å². The van der Waals surface area contributed by atoms with Crippen LogP contribution in [0.25, 0.3) is 0 Å². The Morgan fingerprint density at radius 3 is 1.21 bits per heavy atom. The third-order valence-corrected chi connectivity index (χ3v) is 12.8. The van der Waals surface area contributed by atoms with E-state index in [-0.39, 0.29) is 5.75 Å². The Hall–Kier alpha value is 0.709. The summed E-state index contributed by atoms with van der Waals surface area (Å²) in [7, 11) is -3.91. The Labute approximate surface area is 128 Å². The molecule has 0 atom stereocenters. The molecule has 0 heterocycles. The van der Waals surface area contributed by atoms with Crippen molar-refractivity contribution < 1.29 is 13.0 Å². The van der Waals surface area contributed by atoms with Crippen LogP contribution in [0.3, 0.4) is 0 Å². The maximum Gasteiger partial charge on any atom is 0.0943 e. The van der Waals surface area contributed by atoms with Gasteiger partial charge in [0.15, 0.2) is 0 Å². The molecule has 5 heteroatoms. The number of hydrogen-bond donors (Lipinski definition) is 0. The first-order chi connectivity index (χ1) is 8.91. The van der Waals surface area contributed by atoms with Crippen molar-refractivity contribution >= 4 is 29.9 Å². The van der Waals surface area contributed by atoms with Gasteiger partial charge in [0.1, 0.15) is 0 Å². The second-order valence-electron chi connectivity index (χ2n) is 4.91. The molecule has 0 amide bonds. The summed E-state index contributed by atoms with van der Waals surface area (Å²) in [5, 5.41) is 0. The number of rotatable bonds is 10. The molecule has 0 aliphatic carbocycles. The summed E-state index contributed by atoms with van der Waals surface area (Å²) in [5.74, 6) is -0.312. The minimum absolute atomic E-state index is 0.312. The van der Waals surface area contributed by atoms with E-state index in [1.807, 2.05) is 0 Å². The van der Waals surface area contributed by atoms with Gasteiger partial charge >= 0.3 is 92.4 Å². The van der Waals surface area contributed by atoms with Gasteiger partial charge in [-0.1, -0.05) is 6.92 Å². The van der Waals surface area contributed by atoms with E-state index in [9.17, 15) is 13.0 Å². The van der Waals surface area contributed by atoms with Crippen LogP contribution in [0.5, 0.6) is 0 Å². The van der Waals surface area contributed by atoms with Crippen LogP contribution in [-0.4, -0.2) is 38.5 Å². The van der Waals surface area contributed by atoms with Crippen LogP contribution in [0, 0.1) is 0 Å². The van der Waals surface area contributed by atoms with Gasteiger partial charge in [0.2, 0.25) is 0 Å². The maximum atomic E-state index is 9.44. The van der Waals surface area contributed by atoms with E-state index < -0.39 is 29.9 Å². The van der Waals surface area contributed by atoms with Crippen molar-refractivity contribution in [2.24, 2.45) is 0 Å². The minimum atomic E-state index is -3.91. The second-order valence-corrected chi connectivity index (χ2v) is 15.2. The van der Waals surface area contributed by atoms with Crippen molar-refractivity contribution in [2.75, 3.05) is 5.75 Å². The Balaban J connectivity index is 0. The standard InChI is InChI=1S/3C4H9.C2H6O3S.Sn/c3*1-3-4-2;1-2-6(3,4)5;/h3*1,3-4H2,2H3;2H2,1H3,(H,3,4,5);/q;;;;+1/p-1.